The number of amides is 1. The molecule has 1 aromatic rings. The van der Waals surface area contributed by atoms with Gasteiger partial charge in [0.1, 0.15) is 0 Å². The summed E-state index contributed by atoms with van der Waals surface area (Å²) in [6, 6.07) is 8.96. The first kappa shape index (κ1) is 11.7. The van der Waals surface area contributed by atoms with Crippen LogP contribution in [-0.4, -0.2) is 37.0 Å². The van der Waals surface area contributed by atoms with Crippen LogP contribution in [0, 0.1) is 0 Å². The van der Waals surface area contributed by atoms with E-state index in [9.17, 15) is 4.79 Å². The fourth-order valence-corrected chi connectivity index (χ4v) is 2.94. The second-order valence-electron chi connectivity index (χ2n) is 5.00. The summed E-state index contributed by atoms with van der Waals surface area (Å²) in [5.74, 6) is 0.149. The molecule has 0 spiro atoms. The van der Waals surface area contributed by atoms with Crippen LogP contribution >= 0.6 is 0 Å². The van der Waals surface area contributed by atoms with E-state index in [0.29, 0.717) is 12.6 Å². The number of benzene rings is 1. The van der Waals surface area contributed by atoms with Crippen molar-refractivity contribution in [3.8, 4) is 0 Å². The van der Waals surface area contributed by atoms with Crippen molar-refractivity contribution < 1.29 is 4.79 Å². The molecule has 1 amide bonds. The fraction of sp³-hybridized carbons (Fsp3) is 0.500. The second-order valence-corrected chi connectivity index (χ2v) is 5.00. The molecule has 2 aliphatic rings. The quantitative estimate of drug-likeness (QED) is 0.763. The topological polar surface area (TPSA) is 44.4 Å². The number of carbonyl (C=O) groups excluding carboxylic acids is 1. The lowest BCUT2D eigenvalue weighted by Crippen LogP contribution is -2.49. The standard InChI is InChI=1S/C14H19N3O/c18-14-10-17(8-7-16-14)13-5-6-15-9-11-3-1-2-4-12(11)13/h1-4,13,15H,5-10H2,(H,16,18). The molecular weight excluding hydrogens is 226 g/mol. The van der Waals surface area contributed by atoms with Crippen molar-refractivity contribution in [2.45, 2.75) is 19.0 Å². The molecule has 2 aliphatic heterocycles. The van der Waals surface area contributed by atoms with E-state index in [1.807, 2.05) is 0 Å². The number of fused-ring (bicyclic) bond motifs is 1. The molecule has 18 heavy (non-hydrogen) atoms. The van der Waals surface area contributed by atoms with Gasteiger partial charge in [0.25, 0.3) is 0 Å². The van der Waals surface area contributed by atoms with E-state index in [-0.39, 0.29) is 5.91 Å². The summed E-state index contributed by atoms with van der Waals surface area (Å²) in [6.45, 7) is 4.19. The van der Waals surface area contributed by atoms with Gasteiger partial charge >= 0.3 is 0 Å². The fourth-order valence-electron chi connectivity index (χ4n) is 2.94. The van der Waals surface area contributed by atoms with Gasteiger partial charge in [-0.2, -0.15) is 0 Å². The minimum Gasteiger partial charge on any atom is -0.354 e. The van der Waals surface area contributed by atoms with Crippen LogP contribution in [0.25, 0.3) is 0 Å². The number of rotatable bonds is 1. The Morgan fingerprint density at radius 3 is 3.00 bits per heavy atom. The minimum absolute atomic E-state index is 0.149. The van der Waals surface area contributed by atoms with Crippen LogP contribution in [0.4, 0.5) is 0 Å². The highest BCUT2D eigenvalue weighted by molar-refractivity contribution is 5.78. The zero-order chi connectivity index (χ0) is 12.4. The number of nitrogens with one attached hydrogen (secondary N) is 2. The molecular formula is C14H19N3O. The van der Waals surface area contributed by atoms with E-state index < -0.39 is 0 Å². The monoisotopic (exact) mass is 245 g/mol. The largest absolute Gasteiger partial charge is 0.354 e. The summed E-state index contributed by atoms with van der Waals surface area (Å²) in [7, 11) is 0. The smallest absolute Gasteiger partial charge is 0.234 e. The van der Waals surface area contributed by atoms with Crippen molar-refractivity contribution in [2.24, 2.45) is 0 Å². The van der Waals surface area contributed by atoms with Gasteiger partial charge in [-0.1, -0.05) is 24.3 Å². The summed E-state index contributed by atoms with van der Waals surface area (Å²) in [6.07, 6.45) is 1.07. The third kappa shape index (κ3) is 2.26. The van der Waals surface area contributed by atoms with Gasteiger partial charge in [-0.3, -0.25) is 9.69 Å². The molecule has 1 atom stereocenters. The Labute approximate surface area is 107 Å². The van der Waals surface area contributed by atoms with Crippen LogP contribution in [0.2, 0.25) is 0 Å². The van der Waals surface area contributed by atoms with E-state index in [1.165, 1.54) is 11.1 Å². The van der Waals surface area contributed by atoms with E-state index in [0.717, 1.165) is 32.6 Å². The van der Waals surface area contributed by atoms with Crippen molar-refractivity contribution in [1.82, 2.24) is 15.5 Å². The SMILES string of the molecule is O=C1CN(C2CCNCc3ccccc32)CCN1. The number of nitrogens with zero attached hydrogens (tertiary/aromatic N) is 1. The predicted molar refractivity (Wildman–Crippen MR) is 70.1 cm³/mol. The lowest BCUT2D eigenvalue weighted by molar-refractivity contribution is -0.125. The Balaban J connectivity index is 1.89. The number of hydrogen-bond donors (Lipinski definition) is 2. The summed E-state index contributed by atoms with van der Waals surface area (Å²) >= 11 is 0. The maximum atomic E-state index is 11.5. The zero-order valence-electron chi connectivity index (χ0n) is 10.5. The summed E-state index contributed by atoms with van der Waals surface area (Å²) < 4.78 is 0. The molecule has 2 N–H and O–H groups in total. The second kappa shape index (κ2) is 5.08. The first-order valence-corrected chi connectivity index (χ1v) is 6.64. The Kier molecular flexibility index (Phi) is 3.30. The lowest BCUT2D eigenvalue weighted by atomic mass is 9.97. The molecule has 4 nitrogen and oxygen atoms in total. The Morgan fingerprint density at radius 1 is 1.22 bits per heavy atom. The van der Waals surface area contributed by atoms with Gasteiger partial charge in [0.05, 0.1) is 6.54 Å². The summed E-state index contributed by atoms with van der Waals surface area (Å²) in [5.41, 5.74) is 2.75. The van der Waals surface area contributed by atoms with E-state index in [2.05, 4.69) is 39.8 Å². The van der Waals surface area contributed by atoms with Gasteiger partial charge in [0.2, 0.25) is 5.91 Å². The van der Waals surface area contributed by atoms with Crippen molar-refractivity contribution in [2.75, 3.05) is 26.2 Å². The highest BCUT2D eigenvalue weighted by Crippen LogP contribution is 2.29. The highest BCUT2D eigenvalue weighted by Gasteiger charge is 2.27. The molecule has 1 fully saturated rings. The Hall–Kier alpha value is -1.39. The van der Waals surface area contributed by atoms with Crippen LogP contribution in [0.15, 0.2) is 24.3 Å². The van der Waals surface area contributed by atoms with Crippen LogP contribution in [0.1, 0.15) is 23.6 Å². The van der Waals surface area contributed by atoms with Gasteiger partial charge in [-0.15, -0.1) is 0 Å². The number of carbonyl (C=O) groups is 1. The average Bonchev–Trinajstić information content (AvgIpc) is 2.61. The Bertz CT molecular complexity index is 446. The highest BCUT2D eigenvalue weighted by atomic mass is 16.2. The molecule has 0 aliphatic carbocycles. The van der Waals surface area contributed by atoms with Gasteiger partial charge in [0.15, 0.2) is 0 Å². The summed E-state index contributed by atoms with van der Waals surface area (Å²) in [4.78, 5) is 13.9. The molecule has 3 rings (SSSR count). The van der Waals surface area contributed by atoms with Gasteiger partial charge in [-0.05, 0) is 24.1 Å². The van der Waals surface area contributed by atoms with Crippen LogP contribution in [-0.2, 0) is 11.3 Å². The van der Waals surface area contributed by atoms with Gasteiger partial charge in [-0.25, -0.2) is 0 Å². The van der Waals surface area contributed by atoms with Crippen LogP contribution in [0.5, 0.6) is 0 Å². The lowest BCUT2D eigenvalue weighted by Gasteiger charge is -2.34. The summed E-state index contributed by atoms with van der Waals surface area (Å²) in [5, 5.41) is 6.35. The first-order chi connectivity index (χ1) is 8.84. The third-order valence-electron chi connectivity index (χ3n) is 3.83. The maximum Gasteiger partial charge on any atom is 0.234 e. The van der Waals surface area contributed by atoms with Gasteiger partial charge in [0, 0.05) is 25.7 Å². The zero-order valence-corrected chi connectivity index (χ0v) is 10.5. The van der Waals surface area contributed by atoms with Crippen LogP contribution in [0.3, 0.4) is 0 Å². The Morgan fingerprint density at radius 2 is 2.11 bits per heavy atom. The number of hydrogen-bond acceptors (Lipinski definition) is 3. The average molecular weight is 245 g/mol. The molecule has 1 unspecified atom stereocenters. The molecule has 0 radical (unpaired) electrons. The molecule has 1 aromatic carbocycles. The van der Waals surface area contributed by atoms with E-state index in [1.54, 1.807) is 0 Å². The molecule has 0 aromatic heterocycles. The first-order valence-electron chi connectivity index (χ1n) is 6.64. The van der Waals surface area contributed by atoms with Crippen LogP contribution < -0.4 is 10.6 Å². The van der Waals surface area contributed by atoms with E-state index in [4.69, 9.17) is 0 Å². The molecule has 96 valence electrons. The van der Waals surface area contributed by atoms with Crippen molar-refractivity contribution in [1.29, 1.82) is 0 Å². The van der Waals surface area contributed by atoms with Crippen molar-refractivity contribution in [3.05, 3.63) is 35.4 Å². The van der Waals surface area contributed by atoms with Crippen molar-refractivity contribution in [3.63, 3.8) is 0 Å². The third-order valence-corrected chi connectivity index (χ3v) is 3.83. The predicted octanol–water partition coefficient (Wildman–Crippen LogP) is 0.653. The number of piperazine rings is 1. The molecule has 2 heterocycles. The maximum absolute atomic E-state index is 11.5. The van der Waals surface area contributed by atoms with Gasteiger partial charge < -0.3 is 10.6 Å². The van der Waals surface area contributed by atoms with Crippen molar-refractivity contribution >= 4 is 5.91 Å². The molecule has 1 saturated heterocycles. The minimum atomic E-state index is 0.149. The molecule has 4 heteroatoms. The van der Waals surface area contributed by atoms with E-state index >= 15 is 0 Å². The molecule has 0 bridgehead atoms. The normalized spacial score (nSPS) is 25.1. The molecule has 0 saturated carbocycles.